The number of carboxylic acids is 1. The number of benzene rings is 3. The Kier molecular flexibility index (Phi) is 4.83. The third-order valence-corrected chi connectivity index (χ3v) is 5.45. The van der Waals surface area contributed by atoms with Crippen LogP contribution in [0.25, 0.3) is 10.8 Å². The number of rotatable bonds is 6. The van der Waals surface area contributed by atoms with Gasteiger partial charge < -0.3 is 5.11 Å². The fraction of sp³-hybridized carbons (Fsp3) is 0.105. The number of nitrogens with one attached hydrogen (secondary N) is 1. The first kappa shape index (κ1) is 17.1. The monoisotopic (exact) mass is 355 g/mol. The highest BCUT2D eigenvalue weighted by molar-refractivity contribution is 7.89. The fourth-order valence-electron chi connectivity index (χ4n) is 2.71. The molecule has 0 fully saturated rings. The molecule has 25 heavy (non-hydrogen) atoms. The van der Waals surface area contributed by atoms with Crippen molar-refractivity contribution in [2.75, 3.05) is 0 Å². The van der Waals surface area contributed by atoms with E-state index in [2.05, 4.69) is 4.72 Å². The predicted molar refractivity (Wildman–Crippen MR) is 95.8 cm³/mol. The maximum absolute atomic E-state index is 12.8. The molecule has 2 N–H and O–H groups in total. The lowest BCUT2D eigenvalue weighted by Crippen LogP contribution is -2.42. The molecular formula is C19H17NO4S. The predicted octanol–water partition coefficient (Wildman–Crippen LogP) is 2.81. The zero-order chi connectivity index (χ0) is 17.9. The molecule has 0 saturated heterocycles. The minimum Gasteiger partial charge on any atom is -0.480 e. The van der Waals surface area contributed by atoms with Crippen LogP contribution in [0.3, 0.4) is 0 Å². The summed E-state index contributed by atoms with van der Waals surface area (Å²) in [5.74, 6) is -1.22. The zero-order valence-corrected chi connectivity index (χ0v) is 14.1. The smallest absolute Gasteiger partial charge is 0.322 e. The third-order valence-electron chi connectivity index (χ3n) is 3.92. The highest BCUT2D eigenvalue weighted by Gasteiger charge is 2.26. The van der Waals surface area contributed by atoms with Crippen molar-refractivity contribution in [3.05, 3.63) is 78.4 Å². The molecule has 0 aliphatic carbocycles. The molecule has 0 radical (unpaired) electrons. The van der Waals surface area contributed by atoms with Crippen molar-refractivity contribution in [2.45, 2.75) is 17.4 Å². The first-order valence-corrected chi connectivity index (χ1v) is 9.22. The van der Waals surface area contributed by atoms with Crippen LogP contribution in [0.5, 0.6) is 0 Å². The fourth-order valence-corrected chi connectivity index (χ4v) is 4.13. The molecule has 0 heterocycles. The second-order valence-corrected chi connectivity index (χ2v) is 7.36. The van der Waals surface area contributed by atoms with Gasteiger partial charge in [-0.2, -0.15) is 4.72 Å². The topological polar surface area (TPSA) is 83.5 Å². The van der Waals surface area contributed by atoms with Crippen LogP contribution in [0.4, 0.5) is 0 Å². The van der Waals surface area contributed by atoms with Crippen LogP contribution in [-0.4, -0.2) is 25.5 Å². The average molecular weight is 355 g/mol. The van der Waals surface area contributed by atoms with Crippen molar-refractivity contribution in [3.8, 4) is 0 Å². The molecule has 0 saturated carbocycles. The second-order valence-electron chi connectivity index (χ2n) is 5.68. The first-order chi connectivity index (χ1) is 12.0. The highest BCUT2D eigenvalue weighted by Crippen LogP contribution is 2.23. The molecule has 6 heteroatoms. The maximum Gasteiger partial charge on any atom is 0.322 e. The van der Waals surface area contributed by atoms with E-state index in [0.717, 1.165) is 10.9 Å². The van der Waals surface area contributed by atoms with Gasteiger partial charge in [-0.3, -0.25) is 4.79 Å². The van der Waals surface area contributed by atoms with E-state index in [9.17, 15) is 18.3 Å². The minimum atomic E-state index is -3.98. The van der Waals surface area contributed by atoms with Gasteiger partial charge in [0.05, 0.1) is 4.90 Å². The summed E-state index contributed by atoms with van der Waals surface area (Å²) in [7, 11) is -3.98. The van der Waals surface area contributed by atoms with Gasteiger partial charge in [0.15, 0.2) is 0 Å². The van der Waals surface area contributed by atoms with E-state index in [4.69, 9.17) is 0 Å². The average Bonchev–Trinajstić information content (AvgIpc) is 2.61. The summed E-state index contributed by atoms with van der Waals surface area (Å²) in [5.41, 5.74) is 0.746. The normalized spacial score (nSPS) is 12.8. The molecule has 3 rings (SSSR count). The van der Waals surface area contributed by atoms with Gasteiger partial charge in [0.2, 0.25) is 10.0 Å². The van der Waals surface area contributed by atoms with E-state index in [1.54, 1.807) is 42.5 Å². The lowest BCUT2D eigenvalue weighted by atomic mass is 10.1. The largest absolute Gasteiger partial charge is 0.480 e. The van der Waals surface area contributed by atoms with Gasteiger partial charge in [-0.25, -0.2) is 8.42 Å². The summed E-state index contributed by atoms with van der Waals surface area (Å²) in [6, 6.07) is 19.7. The van der Waals surface area contributed by atoms with Crippen molar-refractivity contribution in [3.63, 3.8) is 0 Å². The Balaban J connectivity index is 1.94. The number of hydrogen-bond donors (Lipinski definition) is 2. The van der Waals surface area contributed by atoms with Gasteiger partial charge in [-0.05, 0) is 23.4 Å². The zero-order valence-electron chi connectivity index (χ0n) is 13.3. The molecular weight excluding hydrogens is 338 g/mol. The van der Waals surface area contributed by atoms with Crippen molar-refractivity contribution >= 4 is 26.8 Å². The Morgan fingerprint density at radius 2 is 1.56 bits per heavy atom. The van der Waals surface area contributed by atoms with Gasteiger partial charge in [0, 0.05) is 5.39 Å². The minimum absolute atomic E-state index is 0.0696. The molecule has 1 atom stereocenters. The summed E-state index contributed by atoms with van der Waals surface area (Å²) < 4.78 is 27.9. The standard InChI is InChI=1S/C19H17NO4S/c21-19(22)17(13-14-7-2-1-3-8-14)20-25(23,24)18-12-6-10-15-9-4-5-11-16(15)18/h1-12,17,20H,13H2,(H,21,22). The number of hydrogen-bond acceptors (Lipinski definition) is 3. The van der Waals surface area contributed by atoms with Gasteiger partial charge in [0.1, 0.15) is 6.04 Å². The quantitative estimate of drug-likeness (QED) is 0.712. The van der Waals surface area contributed by atoms with Crippen LogP contribution >= 0.6 is 0 Å². The number of carboxylic acid groups (broad SMARTS) is 1. The summed E-state index contributed by atoms with van der Waals surface area (Å²) in [5, 5.41) is 10.8. The summed E-state index contributed by atoms with van der Waals surface area (Å²) in [6.07, 6.45) is 0.0696. The molecule has 0 bridgehead atoms. The Morgan fingerprint density at radius 1 is 0.920 bits per heavy atom. The van der Waals surface area contributed by atoms with Gasteiger partial charge in [-0.15, -0.1) is 0 Å². The van der Waals surface area contributed by atoms with Crippen LogP contribution in [-0.2, 0) is 21.2 Å². The Labute approximate surface area is 146 Å². The Bertz CT molecular complexity index is 995. The summed E-state index contributed by atoms with van der Waals surface area (Å²) in [6.45, 7) is 0. The maximum atomic E-state index is 12.8. The number of sulfonamides is 1. The van der Waals surface area contributed by atoms with E-state index in [-0.39, 0.29) is 11.3 Å². The van der Waals surface area contributed by atoms with E-state index in [1.807, 2.05) is 24.3 Å². The molecule has 0 aliphatic heterocycles. The third kappa shape index (κ3) is 3.87. The van der Waals surface area contributed by atoms with Crippen molar-refractivity contribution in [1.29, 1.82) is 0 Å². The van der Waals surface area contributed by atoms with Crippen LogP contribution in [0.15, 0.2) is 77.7 Å². The van der Waals surface area contributed by atoms with Crippen molar-refractivity contribution in [1.82, 2.24) is 4.72 Å². The van der Waals surface area contributed by atoms with Crippen LogP contribution in [0, 0.1) is 0 Å². The van der Waals surface area contributed by atoms with Gasteiger partial charge in [-0.1, -0.05) is 66.7 Å². The summed E-state index contributed by atoms with van der Waals surface area (Å²) in [4.78, 5) is 11.6. The highest BCUT2D eigenvalue weighted by atomic mass is 32.2. The molecule has 0 amide bonds. The Morgan fingerprint density at radius 3 is 2.28 bits per heavy atom. The summed E-state index contributed by atoms with van der Waals surface area (Å²) >= 11 is 0. The van der Waals surface area contributed by atoms with Crippen LogP contribution in [0.1, 0.15) is 5.56 Å². The van der Waals surface area contributed by atoms with E-state index >= 15 is 0 Å². The molecule has 1 unspecified atom stereocenters. The lowest BCUT2D eigenvalue weighted by molar-refractivity contribution is -0.138. The van der Waals surface area contributed by atoms with E-state index in [0.29, 0.717) is 5.39 Å². The second kappa shape index (κ2) is 7.04. The number of aliphatic carboxylic acids is 1. The Hall–Kier alpha value is -2.70. The SMILES string of the molecule is O=C(O)C(Cc1ccccc1)NS(=O)(=O)c1cccc2ccccc12. The number of carbonyl (C=O) groups is 1. The molecule has 3 aromatic carbocycles. The van der Waals surface area contributed by atoms with Crippen LogP contribution < -0.4 is 4.72 Å². The van der Waals surface area contributed by atoms with Crippen molar-refractivity contribution < 1.29 is 18.3 Å². The van der Waals surface area contributed by atoms with Gasteiger partial charge in [0.25, 0.3) is 0 Å². The van der Waals surface area contributed by atoms with Gasteiger partial charge >= 0.3 is 5.97 Å². The molecule has 0 aromatic heterocycles. The molecule has 0 spiro atoms. The molecule has 0 aliphatic rings. The molecule has 128 valence electrons. The van der Waals surface area contributed by atoms with Crippen molar-refractivity contribution in [2.24, 2.45) is 0 Å². The first-order valence-electron chi connectivity index (χ1n) is 7.74. The molecule has 5 nitrogen and oxygen atoms in total. The number of fused-ring (bicyclic) bond motifs is 1. The van der Waals surface area contributed by atoms with E-state index < -0.39 is 22.0 Å². The lowest BCUT2D eigenvalue weighted by Gasteiger charge is -2.16. The van der Waals surface area contributed by atoms with Crippen LogP contribution in [0.2, 0.25) is 0 Å². The van der Waals surface area contributed by atoms with E-state index in [1.165, 1.54) is 6.07 Å². The molecule has 3 aromatic rings.